The highest BCUT2D eigenvalue weighted by atomic mass is 16.5. The van der Waals surface area contributed by atoms with Gasteiger partial charge in [-0.05, 0) is 113 Å². The number of carbonyl (C=O) groups excluding carboxylic acids is 2. The van der Waals surface area contributed by atoms with Crippen molar-refractivity contribution in [2.45, 2.75) is 88.8 Å². The summed E-state index contributed by atoms with van der Waals surface area (Å²) >= 11 is 0. The van der Waals surface area contributed by atoms with E-state index in [1.807, 2.05) is 24.3 Å². The maximum Gasteiger partial charge on any atom is 0.315 e. The number of benzene rings is 1. The molecule has 0 aromatic heterocycles. The lowest BCUT2D eigenvalue weighted by Gasteiger charge is -2.56. The summed E-state index contributed by atoms with van der Waals surface area (Å²) in [5.41, 5.74) is 0.783. The van der Waals surface area contributed by atoms with Gasteiger partial charge in [0.15, 0.2) is 5.78 Å². The third kappa shape index (κ3) is 4.21. The van der Waals surface area contributed by atoms with E-state index in [-0.39, 0.29) is 29.5 Å². The third-order valence-corrected chi connectivity index (χ3v) is 7.99. The fraction of sp³-hybridized carbons (Fsp3) is 0.680. The zero-order valence-corrected chi connectivity index (χ0v) is 18.0. The first-order valence-corrected chi connectivity index (χ1v) is 11.8. The standard InChI is InChI=1S/C25H34N2O3/c1-16(28)20-2-6-22(7-3-20)30-23-8-4-21(5-9-23)26-24(29)27-25-13-17-10-18(14-25)12-19(11-17)15-25/h2-3,6-7,17-19,21,23H,4-5,8-15H2,1H3,(H2,26,27,29). The van der Waals surface area contributed by atoms with Crippen LogP contribution in [0.25, 0.3) is 0 Å². The molecular formula is C25H34N2O3. The SMILES string of the molecule is CC(=O)c1ccc(OC2CCC(NC(=O)NC34CC5CC(CC(C5)C3)C4)CC2)cc1. The number of ketones is 1. The molecule has 0 unspecified atom stereocenters. The van der Waals surface area contributed by atoms with E-state index in [4.69, 9.17) is 4.74 Å². The molecule has 5 aliphatic rings. The normalized spacial score (nSPS) is 36.9. The molecule has 5 heteroatoms. The van der Waals surface area contributed by atoms with E-state index >= 15 is 0 Å². The van der Waals surface area contributed by atoms with Gasteiger partial charge in [-0.3, -0.25) is 4.79 Å². The van der Waals surface area contributed by atoms with E-state index in [0.717, 1.165) is 49.2 Å². The summed E-state index contributed by atoms with van der Waals surface area (Å²) in [7, 11) is 0. The van der Waals surface area contributed by atoms with E-state index < -0.39 is 0 Å². The molecule has 4 bridgehead atoms. The van der Waals surface area contributed by atoms with Crippen LogP contribution in [0, 0.1) is 17.8 Å². The van der Waals surface area contributed by atoms with Crippen LogP contribution >= 0.6 is 0 Å². The molecule has 30 heavy (non-hydrogen) atoms. The second kappa shape index (κ2) is 7.90. The third-order valence-electron chi connectivity index (χ3n) is 7.99. The molecule has 0 spiro atoms. The molecule has 5 saturated carbocycles. The van der Waals surface area contributed by atoms with Crippen LogP contribution < -0.4 is 15.4 Å². The van der Waals surface area contributed by atoms with E-state index in [0.29, 0.717) is 5.56 Å². The summed E-state index contributed by atoms with van der Waals surface area (Å²) < 4.78 is 6.09. The molecule has 0 saturated heterocycles. The van der Waals surface area contributed by atoms with Crippen LogP contribution in [0.3, 0.4) is 0 Å². The molecule has 1 aromatic carbocycles. The van der Waals surface area contributed by atoms with Crippen molar-refractivity contribution in [3.63, 3.8) is 0 Å². The first kappa shape index (κ1) is 19.9. The number of nitrogens with one attached hydrogen (secondary N) is 2. The maximum atomic E-state index is 12.8. The molecule has 0 aliphatic heterocycles. The maximum absolute atomic E-state index is 12.8. The minimum atomic E-state index is 0.0427. The van der Waals surface area contributed by atoms with Gasteiger partial charge < -0.3 is 15.4 Å². The molecule has 0 radical (unpaired) electrons. The molecule has 5 fully saturated rings. The predicted octanol–water partition coefficient (Wildman–Crippen LogP) is 4.85. The molecule has 2 amide bonds. The zero-order valence-electron chi connectivity index (χ0n) is 18.0. The Morgan fingerprint density at radius 2 is 1.47 bits per heavy atom. The van der Waals surface area contributed by atoms with Gasteiger partial charge in [-0.1, -0.05) is 0 Å². The fourth-order valence-electron chi connectivity index (χ4n) is 7.01. The Balaban J connectivity index is 1.08. The van der Waals surface area contributed by atoms with Gasteiger partial charge in [0.25, 0.3) is 0 Å². The van der Waals surface area contributed by atoms with Gasteiger partial charge in [0.2, 0.25) is 0 Å². The van der Waals surface area contributed by atoms with Crippen molar-refractivity contribution in [1.29, 1.82) is 0 Å². The summed E-state index contributed by atoms with van der Waals surface area (Å²) in [5.74, 6) is 3.41. The molecular weight excluding hydrogens is 376 g/mol. The van der Waals surface area contributed by atoms with Gasteiger partial charge in [-0.2, -0.15) is 0 Å². The van der Waals surface area contributed by atoms with Gasteiger partial charge in [-0.25, -0.2) is 4.79 Å². The Bertz CT molecular complexity index is 760. The lowest BCUT2D eigenvalue weighted by molar-refractivity contribution is -0.0138. The quantitative estimate of drug-likeness (QED) is 0.682. The van der Waals surface area contributed by atoms with Gasteiger partial charge >= 0.3 is 6.03 Å². The summed E-state index contributed by atoms with van der Waals surface area (Å²) in [6.45, 7) is 1.57. The number of rotatable bonds is 5. The number of ether oxygens (including phenoxy) is 1. The van der Waals surface area contributed by atoms with Crippen molar-refractivity contribution in [2.75, 3.05) is 0 Å². The van der Waals surface area contributed by atoms with Crippen LogP contribution in [0.5, 0.6) is 5.75 Å². The lowest BCUT2D eigenvalue weighted by atomic mass is 9.53. The molecule has 2 N–H and O–H groups in total. The number of urea groups is 1. The van der Waals surface area contributed by atoms with Crippen LogP contribution in [0.1, 0.15) is 81.5 Å². The van der Waals surface area contributed by atoms with Gasteiger partial charge in [0, 0.05) is 17.1 Å². The molecule has 0 atom stereocenters. The van der Waals surface area contributed by atoms with Crippen molar-refractivity contribution < 1.29 is 14.3 Å². The Morgan fingerprint density at radius 3 is 2.00 bits per heavy atom. The van der Waals surface area contributed by atoms with Crippen molar-refractivity contribution >= 4 is 11.8 Å². The van der Waals surface area contributed by atoms with Gasteiger partial charge in [0.1, 0.15) is 5.75 Å². The number of carbonyl (C=O) groups is 2. The highest BCUT2D eigenvalue weighted by Crippen LogP contribution is 2.55. The molecule has 5 nitrogen and oxygen atoms in total. The Morgan fingerprint density at radius 1 is 0.900 bits per heavy atom. The van der Waals surface area contributed by atoms with Gasteiger partial charge in [0.05, 0.1) is 6.10 Å². The minimum absolute atomic E-state index is 0.0427. The lowest BCUT2D eigenvalue weighted by Crippen LogP contribution is -2.62. The number of amides is 2. The highest BCUT2D eigenvalue weighted by molar-refractivity contribution is 5.94. The average molecular weight is 411 g/mol. The van der Waals surface area contributed by atoms with Crippen molar-refractivity contribution in [3.05, 3.63) is 29.8 Å². The van der Waals surface area contributed by atoms with Crippen LogP contribution in [-0.4, -0.2) is 29.5 Å². The van der Waals surface area contributed by atoms with Crippen LogP contribution in [0.15, 0.2) is 24.3 Å². The van der Waals surface area contributed by atoms with E-state index in [9.17, 15) is 9.59 Å². The summed E-state index contributed by atoms with van der Waals surface area (Å²) in [4.78, 5) is 24.2. The van der Waals surface area contributed by atoms with Crippen LogP contribution in [-0.2, 0) is 0 Å². The first-order valence-electron chi connectivity index (χ1n) is 11.8. The minimum Gasteiger partial charge on any atom is -0.490 e. The monoisotopic (exact) mass is 410 g/mol. The highest BCUT2D eigenvalue weighted by Gasteiger charge is 2.51. The molecule has 0 heterocycles. The molecule has 6 rings (SSSR count). The number of hydrogen-bond acceptors (Lipinski definition) is 3. The Labute approximate surface area is 179 Å². The van der Waals surface area contributed by atoms with Crippen molar-refractivity contribution in [3.8, 4) is 5.75 Å². The smallest absolute Gasteiger partial charge is 0.315 e. The zero-order chi connectivity index (χ0) is 20.7. The van der Waals surface area contributed by atoms with E-state index in [1.165, 1.54) is 38.5 Å². The van der Waals surface area contributed by atoms with Crippen LogP contribution in [0.2, 0.25) is 0 Å². The second-order valence-electron chi connectivity index (χ2n) is 10.5. The Kier molecular flexibility index (Phi) is 5.24. The van der Waals surface area contributed by atoms with Crippen molar-refractivity contribution in [1.82, 2.24) is 10.6 Å². The average Bonchev–Trinajstić information content (AvgIpc) is 2.68. The van der Waals surface area contributed by atoms with E-state index in [1.54, 1.807) is 6.92 Å². The van der Waals surface area contributed by atoms with Crippen LogP contribution in [0.4, 0.5) is 4.79 Å². The number of Topliss-reactive ketones (excluding diaryl/α,β-unsaturated/α-hetero) is 1. The summed E-state index contributed by atoms with van der Waals surface area (Å²) in [6.07, 6.45) is 11.7. The molecule has 1 aromatic rings. The second-order valence-corrected chi connectivity index (χ2v) is 10.5. The van der Waals surface area contributed by atoms with E-state index in [2.05, 4.69) is 10.6 Å². The Hall–Kier alpha value is -2.04. The summed E-state index contributed by atoms with van der Waals surface area (Å²) in [6, 6.07) is 7.67. The van der Waals surface area contributed by atoms with Gasteiger partial charge in [-0.15, -0.1) is 0 Å². The largest absolute Gasteiger partial charge is 0.490 e. The predicted molar refractivity (Wildman–Crippen MR) is 116 cm³/mol. The number of hydrogen-bond donors (Lipinski definition) is 2. The topological polar surface area (TPSA) is 67.4 Å². The van der Waals surface area contributed by atoms with Crippen molar-refractivity contribution in [2.24, 2.45) is 17.8 Å². The first-order chi connectivity index (χ1) is 14.5. The molecule has 162 valence electrons. The fourth-order valence-corrected chi connectivity index (χ4v) is 7.01. The molecule has 5 aliphatic carbocycles. The summed E-state index contributed by atoms with van der Waals surface area (Å²) in [5, 5.41) is 6.68.